The second-order valence-electron chi connectivity index (χ2n) is 17.2. The lowest BCUT2D eigenvalue weighted by Gasteiger charge is -2.30. The molecular formula is C66H45NS. The van der Waals surface area contributed by atoms with E-state index in [9.17, 15) is 0 Å². The Balaban J connectivity index is 1.06. The van der Waals surface area contributed by atoms with Gasteiger partial charge in [0.2, 0.25) is 0 Å². The lowest BCUT2D eigenvalue weighted by atomic mass is 9.88. The summed E-state index contributed by atoms with van der Waals surface area (Å²) >= 11 is 1.87. The Morgan fingerprint density at radius 2 is 0.618 bits per heavy atom. The van der Waals surface area contributed by atoms with Gasteiger partial charge in [0.15, 0.2) is 0 Å². The minimum atomic E-state index is 1.07. The number of rotatable bonds is 10. The summed E-state index contributed by atoms with van der Waals surface area (Å²) in [6.07, 6.45) is 0. The molecule has 1 aromatic heterocycles. The zero-order valence-electron chi connectivity index (χ0n) is 37.3. The molecule has 0 aliphatic heterocycles. The van der Waals surface area contributed by atoms with Crippen molar-refractivity contribution in [2.45, 2.75) is 0 Å². The van der Waals surface area contributed by atoms with Crippen molar-refractivity contribution < 1.29 is 0 Å². The maximum Gasteiger partial charge on any atom is 0.0540 e. The van der Waals surface area contributed by atoms with Crippen LogP contribution in [0, 0.1) is 0 Å². The lowest BCUT2D eigenvalue weighted by Crippen LogP contribution is -2.12. The van der Waals surface area contributed by atoms with Gasteiger partial charge in [0.25, 0.3) is 0 Å². The minimum absolute atomic E-state index is 1.07. The first kappa shape index (κ1) is 40.9. The van der Waals surface area contributed by atoms with E-state index in [4.69, 9.17) is 0 Å². The van der Waals surface area contributed by atoms with Crippen molar-refractivity contribution in [2.24, 2.45) is 0 Å². The molecule has 0 radical (unpaired) electrons. The summed E-state index contributed by atoms with van der Waals surface area (Å²) in [7, 11) is 0. The summed E-state index contributed by atoms with van der Waals surface area (Å²) in [5.41, 5.74) is 19.9. The Morgan fingerprint density at radius 1 is 0.235 bits per heavy atom. The number of benzene rings is 11. The zero-order chi connectivity index (χ0) is 45.2. The van der Waals surface area contributed by atoms with Gasteiger partial charge in [0, 0.05) is 42.6 Å². The van der Waals surface area contributed by atoms with E-state index in [1.54, 1.807) is 0 Å². The summed E-state index contributed by atoms with van der Waals surface area (Å²) < 4.78 is 2.59. The van der Waals surface area contributed by atoms with Crippen LogP contribution in [0.15, 0.2) is 273 Å². The van der Waals surface area contributed by atoms with Gasteiger partial charge in [-0.2, -0.15) is 0 Å². The van der Waals surface area contributed by atoms with E-state index in [-0.39, 0.29) is 0 Å². The number of hydrogen-bond acceptors (Lipinski definition) is 2. The van der Waals surface area contributed by atoms with Crippen molar-refractivity contribution in [2.75, 3.05) is 4.90 Å². The third-order valence-corrected chi connectivity index (χ3v) is 14.3. The number of nitrogens with zero attached hydrogens (tertiary/aromatic N) is 1. The van der Waals surface area contributed by atoms with Crippen molar-refractivity contribution in [3.63, 3.8) is 0 Å². The standard InChI is InChI=1S/C66H45NS/c1-4-21-46(22-5-1)50-43-51(47-23-6-2-7-24-47)45-52(44-50)48-39-41-53(42-40-48)67(64-37-18-15-32-59(64)61-34-20-35-62-60-33-16-19-38-65(60)68-66(61)62)63-36-17-14-31-58(63)57-30-13-12-29-56(57)55-28-11-10-27-54(55)49-25-8-3-9-26-49/h1-45H. The van der Waals surface area contributed by atoms with Crippen molar-refractivity contribution in [3.05, 3.63) is 273 Å². The fourth-order valence-corrected chi connectivity index (χ4v) is 11.1. The topological polar surface area (TPSA) is 3.24 Å². The molecule has 0 unspecified atom stereocenters. The SMILES string of the molecule is c1ccc(-c2cc(-c3ccccc3)cc(-c3ccc(N(c4ccccc4-c4ccccc4-c4ccccc4-c4ccccc4)c4ccccc4-c4cccc5c4sc4ccccc45)cc3)c2)cc1. The summed E-state index contributed by atoms with van der Waals surface area (Å²) in [6.45, 7) is 0. The van der Waals surface area contributed by atoms with Crippen LogP contribution in [0.2, 0.25) is 0 Å². The first-order valence-corrected chi connectivity index (χ1v) is 24.1. The molecular weight excluding hydrogens is 839 g/mol. The fourth-order valence-electron chi connectivity index (χ4n) is 9.89. The Labute approximate surface area is 402 Å². The minimum Gasteiger partial charge on any atom is -0.309 e. The molecule has 0 atom stereocenters. The third kappa shape index (κ3) is 7.67. The van der Waals surface area contributed by atoms with E-state index in [0.717, 1.165) is 28.2 Å². The molecule has 0 saturated heterocycles. The van der Waals surface area contributed by atoms with Crippen molar-refractivity contribution >= 4 is 48.6 Å². The molecule has 12 aromatic rings. The van der Waals surface area contributed by atoms with Crippen LogP contribution in [0.5, 0.6) is 0 Å². The van der Waals surface area contributed by atoms with E-state index in [0.29, 0.717) is 0 Å². The van der Waals surface area contributed by atoms with Gasteiger partial charge < -0.3 is 4.90 Å². The maximum atomic E-state index is 2.48. The number of thiophene rings is 1. The monoisotopic (exact) mass is 883 g/mol. The third-order valence-electron chi connectivity index (χ3n) is 13.1. The van der Waals surface area contributed by atoms with Gasteiger partial charge >= 0.3 is 0 Å². The highest BCUT2D eigenvalue weighted by Gasteiger charge is 2.24. The van der Waals surface area contributed by atoms with E-state index >= 15 is 0 Å². The normalized spacial score (nSPS) is 11.2. The van der Waals surface area contributed by atoms with Gasteiger partial charge in [-0.25, -0.2) is 0 Å². The van der Waals surface area contributed by atoms with E-state index in [1.807, 2.05) is 11.3 Å². The van der Waals surface area contributed by atoms with Crippen LogP contribution in [-0.2, 0) is 0 Å². The molecule has 0 amide bonds. The Hall–Kier alpha value is -8.56. The molecule has 0 bridgehead atoms. The highest BCUT2D eigenvalue weighted by Crippen LogP contribution is 2.49. The molecule has 320 valence electrons. The van der Waals surface area contributed by atoms with Crippen LogP contribution in [0.3, 0.4) is 0 Å². The molecule has 11 aromatic carbocycles. The molecule has 0 aliphatic rings. The van der Waals surface area contributed by atoms with Gasteiger partial charge in [0.1, 0.15) is 0 Å². The summed E-state index contributed by atoms with van der Waals surface area (Å²) in [5, 5.41) is 2.58. The fraction of sp³-hybridized carbons (Fsp3) is 0. The smallest absolute Gasteiger partial charge is 0.0540 e. The lowest BCUT2D eigenvalue weighted by molar-refractivity contribution is 1.28. The highest BCUT2D eigenvalue weighted by molar-refractivity contribution is 7.26. The second kappa shape index (κ2) is 18.0. The van der Waals surface area contributed by atoms with Gasteiger partial charge in [-0.1, -0.05) is 224 Å². The second-order valence-corrected chi connectivity index (χ2v) is 18.2. The van der Waals surface area contributed by atoms with Gasteiger partial charge in [-0.3, -0.25) is 0 Å². The van der Waals surface area contributed by atoms with E-state index in [2.05, 4.69) is 278 Å². The van der Waals surface area contributed by atoms with Crippen LogP contribution in [0.4, 0.5) is 17.1 Å². The quantitative estimate of drug-likeness (QED) is 0.132. The molecule has 12 rings (SSSR count). The molecule has 0 aliphatic carbocycles. The molecule has 1 nitrogen and oxygen atoms in total. The van der Waals surface area contributed by atoms with Crippen molar-refractivity contribution in [1.82, 2.24) is 0 Å². The van der Waals surface area contributed by atoms with Gasteiger partial charge in [-0.05, 0) is 110 Å². The number of para-hydroxylation sites is 2. The van der Waals surface area contributed by atoms with Crippen LogP contribution in [-0.4, -0.2) is 0 Å². The summed E-state index contributed by atoms with van der Waals surface area (Å²) in [6, 6.07) is 99.4. The number of anilines is 3. The zero-order valence-corrected chi connectivity index (χ0v) is 38.2. The molecule has 0 fully saturated rings. The molecule has 0 spiro atoms. The average molecular weight is 884 g/mol. The molecule has 68 heavy (non-hydrogen) atoms. The average Bonchev–Trinajstić information content (AvgIpc) is 3.81. The van der Waals surface area contributed by atoms with Crippen LogP contribution in [0.25, 0.3) is 98.1 Å². The van der Waals surface area contributed by atoms with E-state index in [1.165, 1.54) is 86.9 Å². The Bertz CT molecular complexity index is 3660. The predicted octanol–water partition coefficient (Wildman–Crippen LogP) is 19.2. The largest absolute Gasteiger partial charge is 0.309 e. The molecule has 0 saturated carbocycles. The van der Waals surface area contributed by atoms with Crippen LogP contribution < -0.4 is 4.90 Å². The molecule has 1 heterocycles. The van der Waals surface area contributed by atoms with Crippen molar-refractivity contribution in [1.29, 1.82) is 0 Å². The van der Waals surface area contributed by atoms with Crippen molar-refractivity contribution in [3.8, 4) is 77.9 Å². The van der Waals surface area contributed by atoms with Gasteiger partial charge in [-0.15, -0.1) is 11.3 Å². The maximum absolute atomic E-state index is 2.48. The van der Waals surface area contributed by atoms with Crippen LogP contribution >= 0.6 is 11.3 Å². The van der Waals surface area contributed by atoms with Gasteiger partial charge in [0.05, 0.1) is 11.4 Å². The molecule has 2 heteroatoms. The molecule has 0 N–H and O–H groups in total. The first-order valence-electron chi connectivity index (χ1n) is 23.2. The number of hydrogen-bond donors (Lipinski definition) is 0. The summed E-state index contributed by atoms with van der Waals surface area (Å²) in [5.74, 6) is 0. The van der Waals surface area contributed by atoms with Crippen LogP contribution in [0.1, 0.15) is 0 Å². The van der Waals surface area contributed by atoms with E-state index < -0.39 is 0 Å². The first-order chi connectivity index (χ1) is 33.7. The Kier molecular flexibility index (Phi) is 10.8. The predicted molar refractivity (Wildman–Crippen MR) is 292 cm³/mol. The number of fused-ring (bicyclic) bond motifs is 3. The Morgan fingerprint density at radius 3 is 1.19 bits per heavy atom. The summed E-state index contributed by atoms with van der Waals surface area (Å²) in [4.78, 5) is 2.48. The highest BCUT2D eigenvalue weighted by atomic mass is 32.1.